The van der Waals surface area contributed by atoms with Crippen LogP contribution >= 0.6 is 0 Å². The lowest BCUT2D eigenvalue weighted by atomic mass is 9.92. The molecular formula is C16H22O3. The molecule has 0 aliphatic rings. The molecule has 0 amide bonds. The maximum Gasteiger partial charge on any atom is 0.312 e. The van der Waals surface area contributed by atoms with Crippen molar-refractivity contribution in [1.29, 1.82) is 0 Å². The second-order valence-corrected chi connectivity index (χ2v) is 5.05. The number of benzene rings is 1. The van der Waals surface area contributed by atoms with Crippen molar-refractivity contribution in [2.24, 2.45) is 5.92 Å². The minimum absolute atomic E-state index is 0.272. The molecule has 1 rings (SSSR count). The summed E-state index contributed by atoms with van der Waals surface area (Å²) in [6.07, 6.45) is 2.57. The maximum absolute atomic E-state index is 11.6. The summed E-state index contributed by atoms with van der Waals surface area (Å²) in [4.78, 5) is 11.6. The van der Waals surface area contributed by atoms with E-state index < -0.39 is 5.60 Å². The van der Waals surface area contributed by atoms with E-state index in [0.29, 0.717) is 0 Å². The van der Waals surface area contributed by atoms with Crippen LogP contribution in [0.15, 0.2) is 36.9 Å². The van der Waals surface area contributed by atoms with Crippen LogP contribution in [-0.2, 0) is 16.0 Å². The van der Waals surface area contributed by atoms with E-state index in [-0.39, 0.29) is 11.9 Å². The third-order valence-electron chi connectivity index (χ3n) is 3.31. The van der Waals surface area contributed by atoms with Crippen molar-refractivity contribution < 1.29 is 14.3 Å². The SMILES string of the molecule is C=CCc1ccccc1OC(C)(C)C(C)C(=O)OC. The number of hydrogen-bond acceptors (Lipinski definition) is 3. The Balaban J connectivity index is 2.94. The summed E-state index contributed by atoms with van der Waals surface area (Å²) in [6, 6.07) is 7.78. The molecule has 0 aromatic heterocycles. The summed E-state index contributed by atoms with van der Waals surface area (Å²) < 4.78 is 10.8. The quantitative estimate of drug-likeness (QED) is 0.582. The van der Waals surface area contributed by atoms with Crippen LogP contribution in [0, 0.1) is 5.92 Å². The topological polar surface area (TPSA) is 35.5 Å². The fourth-order valence-corrected chi connectivity index (χ4v) is 1.76. The Kier molecular flexibility index (Phi) is 5.16. The number of hydrogen-bond donors (Lipinski definition) is 0. The van der Waals surface area contributed by atoms with E-state index in [1.54, 1.807) is 0 Å². The van der Waals surface area contributed by atoms with Gasteiger partial charge in [-0.3, -0.25) is 4.79 Å². The van der Waals surface area contributed by atoms with Crippen molar-refractivity contribution in [3.05, 3.63) is 42.5 Å². The fraction of sp³-hybridized carbons (Fsp3) is 0.438. The number of methoxy groups -OCH3 is 1. The molecule has 0 radical (unpaired) electrons. The van der Waals surface area contributed by atoms with Crippen LogP contribution in [-0.4, -0.2) is 18.7 Å². The highest BCUT2D eigenvalue weighted by atomic mass is 16.5. The fourth-order valence-electron chi connectivity index (χ4n) is 1.76. The van der Waals surface area contributed by atoms with E-state index in [2.05, 4.69) is 6.58 Å². The van der Waals surface area contributed by atoms with Gasteiger partial charge in [-0.05, 0) is 38.8 Å². The van der Waals surface area contributed by atoms with Gasteiger partial charge in [0.05, 0.1) is 13.0 Å². The van der Waals surface area contributed by atoms with Gasteiger partial charge in [-0.15, -0.1) is 6.58 Å². The van der Waals surface area contributed by atoms with Crippen LogP contribution in [0.4, 0.5) is 0 Å². The number of esters is 1. The Labute approximate surface area is 115 Å². The van der Waals surface area contributed by atoms with E-state index in [1.165, 1.54) is 7.11 Å². The molecule has 0 fully saturated rings. The highest BCUT2D eigenvalue weighted by Crippen LogP contribution is 2.28. The van der Waals surface area contributed by atoms with Crippen LogP contribution in [0.1, 0.15) is 26.3 Å². The number of allylic oxidation sites excluding steroid dienone is 1. The molecular weight excluding hydrogens is 240 g/mol. The van der Waals surface area contributed by atoms with Crippen LogP contribution in [0.25, 0.3) is 0 Å². The zero-order valence-electron chi connectivity index (χ0n) is 12.1. The predicted molar refractivity (Wildman–Crippen MR) is 76.2 cm³/mol. The zero-order chi connectivity index (χ0) is 14.5. The van der Waals surface area contributed by atoms with Crippen LogP contribution < -0.4 is 4.74 Å². The van der Waals surface area contributed by atoms with Gasteiger partial charge in [0, 0.05) is 0 Å². The number of carbonyl (C=O) groups is 1. The van der Waals surface area contributed by atoms with E-state index in [0.717, 1.165) is 17.7 Å². The van der Waals surface area contributed by atoms with Crippen LogP contribution in [0.2, 0.25) is 0 Å². The highest BCUT2D eigenvalue weighted by Gasteiger charge is 2.34. The average molecular weight is 262 g/mol. The Bertz CT molecular complexity index is 449. The highest BCUT2D eigenvalue weighted by molar-refractivity contribution is 5.73. The monoisotopic (exact) mass is 262 g/mol. The summed E-state index contributed by atoms with van der Waals surface area (Å²) in [6.45, 7) is 9.32. The van der Waals surface area contributed by atoms with Gasteiger partial charge in [0.15, 0.2) is 0 Å². The standard InChI is InChI=1S/C16H22O3/c1-6-9-13-10-7-8-11-14(13)19-16(3,4)12(2)15(17)18-5/h6-8,10-12H,1,9H2,2-5H3. The summed E-state index contributed by atoms with van der Waals surface area (Å²) in [5, 5.41) is 0. The maximum atomic E-state index is 11.6. The molecule has 0 N–H and O–H groups in total. The molecule has 1 unspecified atom stereocenters. The minimum atomic E-state index is -0.635. The van der Waals surface area contributed by atoms with Gasteiger partial charge in [-0.2, -0.15) is 0 Å². The van der Waals surface area contributed by atoms with Gasteiger partial charge in [0.25, 0.3) is 0 Å². The number of ether oxygens (including phenoxy) is 2. The summed E-state index contributed by atoms with van der Waals surface area (Å²) in [7, 11) is 1.39. The van der Waals surface area contributed by atoms with E-state index in [1.807, 2.05) is 51.1 Å². The average Bonchev–Trinajstić information content (AvgIpc) is 2.39. The molecule has 19 heavy (non-hydrogen) atoms. The Morgan fingerprint density at radius 1 is 1.42 bits per heavy atom. The molecule has 3 nitrogen and oxygen atoms in total. The number of rotatable bonds is 6. The summed E-state index contributed by atoms with van der Waals surface area (Å²) in [5.74, 6) is 0.156. The van der Waals surface area contributed by atoms with E-state index in [9.17, 15) is 4.79 Å². The third-order valence-corrected chi connectivity index (χ3v) is 3.31. The third kappa shape index (κ3) is 3.85. The number of para-hydroxylation sites is 1. The lowest BCUT2D eigenvalue weighted by Crippen LogP contribution is -2.41. The van der Waals surface area contributed by atoms with Crippen molar-refractivity contribution in [1.82, 2.24) is 0 Å². The van der Waals surface area contributed by atoms with Gasteiger partial charge < -0.3 is 9.47 Å². The molecule has 3 heteroatoms. The molecule has 0 heterocycles. The Morgan fingerprint density at radius 3 is 2.63 bits per heavy atom. The summed E-state index contributed by atoms with van der Waals surface area (Å²) in [5.41, 5.74) is 0.423. The largest absolute Gasteiger partial charge is 0.487 e. The molecule has 1 aromatic rings. The van der Waals surface area contributed by atoms with Crippen molar-refractivity contribution >= 4 is 5.97 Å². The van der Waals surface area contributed by atoms with Crippen molar-refractivity contribution in [2.75, 3.05) is 7.11 Å². The lowest BCUT2D eigenvalue weighted by molar-refractivity contribution is -0.151. The molecule has 0 aliphatic heterocycles. The first kappa shape index (κ1) is 15.3. The summed E-state index contributed by atoms with van der Waals surface area (Å²) >= 11 is 0. The normalized spacial score (nSPS) is 12.6. The Morgan fingerprint density at radius 2 is 2.05 bits per heavy atom. The molecule has 0 saturated carbocycles. The van der Waals surface area contributed by atoms with Gasteiger partial charge in [-0.1, -0.05) is 24.3 Å². The van der Waals surface area contributed by atoms with E-state index in [4.69, 9.17) is 9.47 Å². The Hall–Kier alpha value is -1.77. The molecule has 0 saturated heterocycles. The predicted octanol–water partition coefficient (Wildman–Crippen LogP) is 3.38. The molecule has 0 spiro atoms. The first-order valence-electron chi connectivity index (χ1n) is 6.38. The van der Waals surface area contributed by atoms with Crippen molar-refractivity contribution in [3.63, 3.8) is 0 Å². The molecule has 1 aromatic carbocycles. The minimum Gasteiger partial charge on any atom is -0.487 e. The number of carbonyl (C=O) groups excluding carboxylic acids is 1. The van der Waals surface area contributed by atoms with Gasteiger partial charge in [0.1, 0.15) is 11.4 Å². The second kappa shape index (κ2) is 6.41. The van der Waals surface area contributed by atoms with Gasteiger partial charge in [-0.25, -0.2) is 0 Å². The second-order valence-electron chi connectivity index (χ2n) is 5.05. The van der Waals surface area contributed by atoms with E-state index >= 15 is 0 Å². The lowest BCUT2D eigenvalue weighted by Gasteiger charge is -2.31. The van der Waals surface area contributed by atoms with Crippen molar-refractivity contribution in [2.45, 2.75) is 32.8 Å². The molecule has 0 bridgehead atoms. The first-order chi connectivity index (χ1) is 8.92. The van der Waals surface area contributed by atoms with Gasteiger partial charge in [0.2, 0.25) is 0 Å². The smallest absolute Gasteiger partial charge is 0.312 e. The van der Waals surface area contributed by atoms with Crippen LogP contribution in [0.3, 0.4) is 0 Å². The van der Waals surface area contributed by atoms with Crippen LogP contribution in [0.5, 0.6) is 5.75 Å². The molecule has 1 atom stereocenters. The zero-order valence-corrected chi connectivity index (χ0v) is 12.1. The molecule has 104 valence electrons. The van der Waals surface area contributed by atoms with Crippen molar-refractivity contribution in [3.8, 4) is 5.75 Å². The first-order valence-corrected chi connectivity index (χ1v) is 6.38. The van der Waals surface area contributed by atoms with Gasteiger partial charge >= 0.3 is 5.97 Å². The molecule has 0 aliphatic carbocycles.